The molecule has 108 valence electrons. The van der Waals surface area contributed by atoms with Crippen molar-refractivity contribution < 1.29 is 0 Å². The molecule has 0 radical (unpaired) electrons. The highest BCUT2D eigenvalue weighted by Gasteiger charge is 2.18. The maximum absolute atomic E-state index is 6.08. The molecule has 0 fully saturated rings. The Morgan fingerprint density at radius 2 is 2.00 bits per heavy atom. The van der Waals surface area contributed by atoms with E-state index in [0.29, 0.717) is 0 Å². The van der Waals surface area contributed by atoms with Gasteiger partial charge in [-0.25, -0.2) is 4.98 Å². The number of hydrogen-bond acceptors (Lipinski definition) is 4. The van der Waals surface area contributed by atoms with E-state index in [-0.39, 0.29) is 11.3 Å². The Hall–Kier alpha value is -1.36. The average molecular weight is 338 g/mol. The van der Waals surface area contributed by atoms with Gasteiger partial charge in [-0.15, -0.1) is 11.3 Å². The molecule has 3 rings (SSSR count). The first-order chi connectivity index (χ1) is 10.1. The van der Waals surface area contributed by atoms with Crippen LogP contribution in [-0.2, 0) is 0 Å². The number of hydrogen-bond donors (Lipinski definition) is 0. The van der Waals surface area contributed by atoms with Gasteiger partial charge in [0.05, 0.1) is 11.4 Å². The molecule has 1 aromatic carbocycles. The smallest absolute Gasteiger partial charge is 0.225 e. The van der Waals surface area contributed by atoms with Gasteiger partial charge in [-0.1, -0.05) is 23.7 Å². The van der Waals surface area contributed by atoms with Gasteiger partial charge in [0.15, 0.2) is 0 Å². The van der Waals surface area contributed by atoms with E-state index < -0.39 is 0 Å². The monoisotopic (exact) mass is 337 g/mol. The Kier molecular flexibility index (Phi) is 4.02. The Morgan fingerprint density at radius 3 is 2.76 bits per heavy atom. The quantitative estimate of drug-likeness (QED) is 0.615. The summed E-state index contributed by atoms with van der Waals surface area (Å²) >= 11 is 13.7. The normalized spacial score (nSPS) is 12.6. The molecule has 0 aliphatic carbocycles. The number of benzene rings is 1. The zero-order valence-corrected chi connectivity index (χ0v) is 13.9. The highest BCUT2D eigenvalue weighted by molar-refractivity contribution is 7.16. The van der Waals surface area contributed by atoms with Crippen LogP contribution in [0.15, 0.2) is 35.7 Å². The first-order valence-electron chi connectivity index (χ1n) is 6.45. The van der Waals surface area contributed by atoms with Gasteiger partial charge in [0, 0.05) is 12.1 Å². The van der Waals surface area contributed by atoms with Crippen LogP contribution in [0.4, 0.5) is 5.82 Å². The van der Waals surface area contributed by atoms with Crippen LogP contribution < -0.4 is 4.90 Å². The topological polar surface area (TPSA) is 29.0 Å². The van der Waals surface area contributed by atoms with Crippen molar-refractivity contribution in [3.05, 3.63) is 51.6 Å². The first kappa shape index (κ1) is 14.6. The van der Waals surface area contributed by atoms with Gasteiger partial charge in [-0.3, -0.25) is 0 Å². The van der Waals surface area contributed by atoms with Gasteiger partial charge in [0.25, 0.3) is 0 Å². The third kappa shape index (κ3) is 2.84. The molecule has 2 heterocycles. The molecule has 21 heavy (non-hydrogen) atoms. The van der Waals surface area contributed by atoms with Crippen LogP contribution in [0.1, 0.15) is 18.5 Å². The van der Waals surface area contributed by atoms with Gasteiger partial charge in [-0.05, 0) is 47.7 Å². The summed E-state index contributed by atoms with van der Waals surface area (Å²) in [5.41, 5.74) is 1.13. The predicted molar refractivity (Wildman–Crippen MR) is 90.7 cm³/mol. The molecule has 0 aliphatic heterocycles. The molecular weight excluding hydrogens is 325 g/mol. The predicted octanol–water partition coefficient (Wildman–Crippen LogP) is 5.20. The lowest BCUT2D eigenvalue weighted by molar-refractivity contribution is 0.731. The second-order valence-electron chi connectivity index (χ2n) is 4.80. The van der Waals surface area contributed by atoms with Crippen molar-refractivity contribution in [3.8, 4) is 0 Å². The number of thiophene rings is 1. The summed E-state index contributed by atoms with van der Waals surface area (Å²) in [4.78, 5) is 11.6. The molecule has 3 aromatic rings. The van der Waals surface area contributed by atoms with E-state index in [1.165, 1.54) is 0 Å². The van der Waals surface area contributed by atoms with Gasteiger partial charge in [0.2, 0.25) is 5.28 Å². The van der Waals surface area contributed by atoms with Crippen LogP contribution in [0, 0.1) is 0 Å². The Bertz CT molecular complexity index is 787. The van der Waals surface area contributed by atoms with Gasteiger partial charge >= 0.3 is 0 Å². The van der Waals surface area contributed by atoms with E-state index in [9.17, 15) is 0 Å². The lowest BCUT2D eigenvalue weighted by atomic mass is 10.1. The minimum Gasteiger partial charge on any atom is -0.352 e. The van der Waals surface area contributed by atoms with Crippen LogP contribution >= 0.6 is 34.5 Å². The Balaban J connectivity index is 2.03. The van der Waals surface area contributed by atoms with Gasteiger partial charge in [0.1, 0.15) is 10.6 Å². The SMILES string of the molecule is CC(c1cccc(Cl)c1)N(C)c1nc(Cl)nc2sccc12. The zero-order valence-electron chi connectivity index (χ0n) is 11.5. The minimum absolute atomic E-state index is 0.123. The van der Waals surface area contributed by atoms with Crippen LogP contribution in [0.3, 0.4) is 0 Å². The van der Waals surface area contributed by atoms with Crippen molar-refractivity contribution in [2.24, 2.45) is 0 Å². The van der Waals surface area contributed by atoms with Crippen molar-refractivity contribution in [3.63, 3.8) is 0 Å². The molecule has 0 aliphatic rings. The second kappa shape index (κ2) is 5.79. The molecule has 0 bridgehead atoms. The largest absolute Gasteiger partial charge is 0.352 e. The summed E-state index contributed by atoms with van der Waals surface area (Å²) in [5.74, 6) is 0.832. The Labute approximate surface area is 137 Å². The molecule has 0 N–H and O–H groups in total. The summed E-state index contributed by atoms with van der Waals surface area (Å²) in [6.07, 6.45) is 0. The van der Waals surface area contributed by atoms with E-state index in [4.69, 9.17) is 23.2 Å². The maximum atomic E-state index is 6.08. The van der Waals surface area contributed by atoms with Gasteiger partial charge < -0.3 is 4.90 Å². The van der Waals surface area contributed by atoms with Crippen molar-refractivity contribution in [1.29, 1.82) is 0 Å². The molecule has 2 aromatic heterocycles. The summed E-state index contributed by atoms with van der Waals surface area (Å²) < 4.78 is 0. The molecular formula is C15H13Cl2N3S. The second-order valence-corrected chi connectivity index (χ2v) is 6.47. The van der Waals surface area contributed by atoms with Crippen molar-refractivity contribution in [2.45, 2.75) is 13.0 Å². The van der Waals surface area contributed by atoms with E-state index >= 15 is 0 Å². The van der Waals surface area contributed by atoms with E-state index in [2.05, 4.69) is 27.9 Å². The third-order valence-corrected chi connectivity index (χ3v) is 4.73. The fourth-order valence-electron chi connectivity index (χ4n) is 2.26. The van der Waals surface area contributed by atoms with E-state index in [0.717, 1.165) is 26.6 Å². The number of aromatic nitrogens is 2. The summed E-state index contributed by atoms with van der Waals surface area (Å²) in [5, 5.41) is 4.01. The highest BCUT2D eigenvalue weighted by atomic mass is 35.5. The first-order valence-corrected chi connectivity index (χ1v) is 8.09. The summed E-state index contributed by atoms with van der Waals surface area (Å²) in [6, 6.07) is 9.99. The number of nitrogens with zero attached hydrogens (tertiary/aromatic N) is 3. The number of rotatable bonds is 3. The molecule has 0 saturated carbocycles. The van der Waals surface area contributed by atoms with Crippen LogP contribution in [0.25, 0.3) is 10.2 Å². The van der Waals surface area contributed by atoms with Crippen LogP contribution in [0.2, 0.25) is 10.3 Å². The lowest BCUT2D eigenvalue weighted by Crippen LogP contribution is -2.23. The molecule has 1 unspecified atom stereocenters. The standard InChI is InChI=1S/C15H13Cl2N3S/c1-9(10-4-3-5-11(16)8-10)20(2)13-12-6-7-21-14(12)19-15(17)18-13/h3-9H,1-2H3. The zero-order chi connectivity index (χ0) is 15.0. The fourth-order valence-corrected chi connectivity index (χ4v) is 3.43. The highest BCUT2D eigenvalue weighted by Crippen LogP contribution is 2.33. The fraction of sp³-hybridized carbons (Fsp3) is 0.200. The molecule has 0 amide bonds. The Morgan fingerprint density at radius 1 is 1.19 bits per heavy atom. The van der Waals surface area contributed by atoms with Crippen molar-refractivity contribution in [1.82, 2.24) is 9.97 Å². The maximum Gasteiger partial charge on any atom is 0.225 e. The number of anilines is 1. The van der Waals surface area contributed by atoms with E-state index in [1.807, 2.05) is 36.7 Å². The van der Waals surface area contributed by atoms with Crippen LogP contribution in [-0.4, -0.2) is 17.0 Å². The molecule has 3 nitrogen and oxygen atoms in total. The number of fused-ring (bicyclic) bond motifs is 1. The van der Waals surface area contributed by atoms with Crippen molar-refractivity contribution >= 4 is 50.6 Å². The van der Waals surface area contributed by atoms with E-state index in [1.54, 1.807) is 11.3 Å². The van der Waals surface area contributed by atoms with Crippen molar-refractivity contribution in [2.75, 3.05) is 11.9 Å². The average Bonchev–Trinajstić information content (AvgIpc) is 2.93. The summed E-state index contributed by atoms with van der Waals surface area (Å²) in [7, 11) is 2.00. The lowest BCUT2D eigenvalue weighted by Gasteiger charge is -2.27. The van der Waals surface area contributed by atoms with Crippen LogP contribution in [0.5, 0.6) is 0 Å². The van der Waals surface area contributed by atoms with Gasteiger partial charge in [-0.2, -0.15) is 4.98 Å². The molecule has 6 heteroatoms. The number of halogens is 2. The molecule has 1 atom stereocenters. The summed E-state index contributed by atoms with van der Waals surface area (Å²) in [6.45, 7) is 2.11. The third-order valence-electron chi connectivity index (χ3n) is 3.52. The minimum atomic E-state index is 0.123. The molecule has 0 spiro atoms. The molecule has 0 saturated heterocycles.